The molecule has 2 fully saturated rings. The molecular formula is C29H39FO2. The van der Waals surface area contributed by atoms with E-state index in [0.29, 0.717) is 17.4 Å². The maximum atomic E-state index is 15.1. The summed E-state index contributed by atoms with van der Waals surface area (Å²) in [5.41, 5.74) is 3.74. The first kappa shape index (κ1) is 23.4. The molecule has 1 saturated carbocycles. The fourth-order valence-corrected chi connectivity index (χ4v) is 5.43. The summed E-state index contributed by atoms with van der Waals surface area (Å²) >= 11 is 0. The van der Waals surface area contributed by atoms with Gasteiger partial charge in [0.05, 0.1) is 13.2 Å². The highest BCUT2D eigenvalue weighted by atomic mass is 19.1. The van der Waals surface area contributed by atoms with Crippen LogP contribution in [0.4, 0.5) is 4.39 Å². The average molecular weight is 439 g/mol. The first-order chi connectivity index (χ1) is 15.7. The van der Waals surface area contributed by atoms with Crippen LogP contribution in [-0.4, -0.2) is 13.2 Å². The van der Waals surface area contributed by atoms with E-state index < -0.39 is 0 Å². The van der Waals surface area contributed by atoms with Crippen LogP contribution in [0.2, 0.25) is 0 Å². The third kappa shape index (κ3) is 5.80. The van der Waals surface area contributed by atoms with E-state index in [1.807, 2.05) is 30.3 Å². The van der Waals surface area contributed by atoms with Gasteiger partial charge in [0.1, 0.15) is 5.82 Å². The summed E-state index contributed by atoms with van der Waals surface area (Å²) in [5.74, 6) is 1.77. The quantitative estimate of drug-likeness (QED) is 0.412. The lowest BCUT2D eigenvalue weighted by Crippen LogP contribution is -2.26. The molecule has 0 spiro atoms. The van der Waals surface area contributed by atoms with E-state index in [9.17, 15) is 0 Å². The molecule has 1 aliphatic carbocycles. The summed E-state index contributed by atoms with van der Waals surface area (Å²) in [6.45, 7) is 5.95. The van der Waals surface area contributed by atoms with E-state index in [-0.39, 0.29) is 12.1 Å². The van der Waals surface area contributed by atoms with Gasteiger partial charge in [-0.05, 0) is 61.1 Å². The number of unbranched alkanes of at least 4 members (excludes halogenated alkanes) is 1. The Hall–Kier alpha value is -1.71. The number of halogens is 1. The van der Waals surface area contributed by atoms with Crippen LogP contribution in [0.25, 0.3) is 11.1 Å². The van der Waals surface area contributed by atoms with Gasteiger partial charge in [0, 0.05) is 17.0 Å². The van der Waals surface area contributed by atoms with Crippen molar-refractivity contribution in [2.75, 3.05) is 13.2 Å². The Labute approximate surface area is 193 Å². The molecule has 0 bridgehead atoms. The molecule has 1 saturated heterocycles. The zero-order valence-electron chi connectivity index (χ0n) is 19.8. The van der Waals surface area contributed by atoms with Gasteiger partial charge in [-0.15, -0.1) is 0 Å². The van der Waals surface area contributed by atoms with Crippen molar-refractivity contribution in [2.24, 2.45) is 11.8 Å². The topological polar surface area (TPSA) is 18.5 Å². The van der Waals surface area contributed by atoms with Crippen LogP contribution in [-0.2, 0) is 9.47 Å². The van der Waals surface area contributed by atoms with Gasteiger partial charge in [-0.3, -0.25) is 0 Å². The standard InChI is InChI=1S/C29H39FO2/c1-3-5-7-21-8-10-23(11-9-21)26-16-17-27(28(30)18-26)24-12-14-25(15-13-24)29-31-19-22(6-4-2)20-32-29/h12-18,21-23,29H,3-11,19-20H2,1-2H3. The van der Waals surface area contributed by atoms with Crippen molar-refractivity contribution < 1.29 is 13.9 Å². The van der Waals surface area contributed by atoms with Gasteiger partial charge in [-0.25, -0.2) is 4.39 Å². The van der Waals surface area contributed by atoms with Gasteiger partial charge in [0.15, 0.2) is 6.29 Å². The van der Waals surface area contributed by atoms with E-state index in [1.165, 1.54) is 50.5 Å². The van der Waals surface area contributed by atoms with Crippen molar-refractivity contribution >= 4 is 0 Å². The maximum Gasteiger partial charge on any atom is 0.183 e. The lowest BCUT2D eigenvalue weighted by atomic mass is 9.77. The molecule has 3 heteroatoms. The van der Waals surface area contributed by atoms with Crippen LogP contribution in [0.1, 0.15) is 95.0 Å². The van der Waals surface area contributed by atoms with Crippen LogP contribution >= 0.6 is 0 Å². The molecule has 2 aliphatic rings. The third-order valence-electron chi connectivity index (χ3n) is 7.43. The van der Waals surface area contributed by atoms with E-state index in [2.05, 4.69) is 19.9 Å². The van der Waals surface area contributed by atoms with Crippen LogP contribution in [0, 0.1) is 17.7 Å². The highest BCUT2D eigenvalue weighted by Gasteiger charge is 2.24. The molecular weight excluding hydrogens is 399 g/mol. The normalized spacial score (nSPS) is 26.2. The molecule has 0 amide bonds. The Balaban J connectivity index is 1.36. The van der Waals surface area contributed by atoms with Crippen molar-refractivity contribution in [1.82, 2.24) is 0 Å². The second-order valence-corrected chi connectivity index (χ2v) is 9.87. The van der Waals surface area contributed by atoms with Crippen molar-refractivity contribution in [3.05, 3.63) is 59.4 Å². The van der Waals surface area contributed by atoms with Crippen LogP contribution < -0.4 is 0 Å². The zero-order valence-corrected chi connectivity index (χ0v) is 19.8. The molecule has 1 heterocycles. The van der Waals surface area contributed by atoms with Gasteiger partial charge in [0.25, 0.3) is 0 Å². The van der Waals surface area contributed by atoms with Gasteiger partial charge < -0.3 is 9.47 Å². The summed E-state index contributed by atoms with van der Waals surface area (Å²) in [6.07, 6.45) is 11.0. The lowest BCUT2D eigenvalue weighted by molar-refractivity contribution is -0.206. The molecule has 0 aromatic heterocycles. The predicted octanol–water partition coefficient (Wildman–Crippen LogP) is 8.42. The van der Waals surface area contributed by atoms with Gasteiger partial charge in [0.2, 0.25) is 0 Å². The summed E-state index contributed by atoms with van der Waals surface area (Å²) in [6, 6.07) is 13.9. The van der Waals surface area contributed by atoms with E-state index in [1.54, 1.807) is 6.07 Å². The molecule has 1 aliphatic heterocycles. The van der Waals surface area contributed by atoms with E-state index >= 15 is 4.39 Å². The predicted molar refractivity (Wildman–Crippen MR) is 129 cm³/mol. The minimum absolute atomic E-state index is 0.115. The minimum Gasteiger partial charge on any atom is -0.348 e. The number of rotatable bonds is 8. The highest BCUT2D eigenvalue weighted by molar-refractivity contribution is 5.65. The molecule has 174 valence electrons. The van der Waals surface area contributed by atoms with Gasteiger partial charge in [-0.1, -0.05) is 75.9 Å². The second kappa shape index (κ2) is 11.4. The first-order valence-corrected chi connectivity index (χ1v) is 12.8. The van der Waals surface area contributed by atoms with Crippen LogP contribution in [0.5, 0.6) is 0 Å². The summed E-state index contributed by atoms with van der Waals surface area (Å²) in [7, 11) is 0. The van der Waals surface area contributed by atoms with Crippen molar-refractivity contribution in [1.29, 1.82) is 0 Å². The Kier molecular flexibility index (Phi) is 8.37. The summed E-state index contributed by atoms with van der Waals surface area (Å²) in [4.78, 5) is 0. The molecule has 2 aromatic carbocycles. The van der Waals surface area contributed by atoms with Gasteiger partial charge in [-0.2, -0.15) is 0 Å². The number of ether oxygens (including phenoxy) is 2. The van der Waals surface area contributed by atoms with Crippen LogP contribution in [0.3, 0.4) is 0 Å². The van der Waals surface area contributed by atoms with Crippen molar-refractivity contribution in [2.45, 2.75) is 83.8 Å². The molecule has 4 rings (SSSR count). The number of benzene rings is 2. The zero-order chi connectivity index (χ0) is 22.3. The lowest BCUT2D eigenvalue weighted by Gasteiger charge is -2.29. The molecule has 32 heavy (non-hydrogen) atoms. The summed E-state index contributed by atoms with van der Waals surface area (Å²) < 4.78 is 26.9. The molecule has 0 radical (unpaired) electrons. The number of hydrogen-bond acceptors (Lipinski definition) is 2. The largest absolute Gasteiger partial charge is 0.348 e. The van der Waals surface area contributed by atoms with Crippen molar-refractivity contribution in [3.8, 4) is 11.1 Å². The van der Waals surface area contributed by atoms with E-state index in [0.717, 1.165) is 43.1 Å². The Morgan fingerprint density at radius 2 is 1.47 bits per heavy atom. The summed E-state index contributed by atoms with van der Waals surface area (Å²) in [5, 5.41) is 0. The highest BCUT2D eigenvalue weighted by Crippen LogP contribution is 2.39. The smallest absolute Gasteiger partial charge is 0.183 e. The monoisotopic (exact) mass is 438 g/mol. The van der Waals surface area contributed by atoms with E-state index in [4.69, 9.17) is 9.47 Å². The Morgan fingerprint density at radius 3 is 2.09 bits per heavy atom. The first-order valence-electron chi connectivity index (χ1n) is 12.8. The molecule has 0 atom stereocenters. The Morgan fingerprint density at radius 1 is 0.781 bits per heavy atom. The molecule has 2 nitrogen and oxygen atoms in total. The fraction of sp³-hybridized carbons (Fsp3) is 0.586. The Bertz CT molecular complexity index is 831. The average Bonchev–Trinajstić information content (AvgIpc) is 2.84. The SMILES string of the molecule is CCCCC1CCC(c2ccc(-c3ccc(C4OCC(CCC)CO4)cc3)c(F)c2)CC1. The van der Waals surface area contributed by atoms with Gasteiger partial charge >= 0.3 is 0 Å². The molecule has 0 N–H and O–H groups in total. The fourth-order valence-electron chi connectivity index (χ4n) is 5.43. The second-order valence-electron chi connectivity index (χ2n) is 9.87. The molecule has 0 unspecified atom stereocenters. The minimum atomic E-state index is -0.308. The third-order valence-corrected chi connectivity index (χ3v) is 7.43. The molecule has 2 aromatic rings. The number of hydrogen-bond donors (Lipinski definition) is 0. The maximum absolute atomic E-state index is 15.1. The van der Waals surface area contributed by atoms with Crippen molar-refractivity contribution in [3.63, 3.8) is 0 Å². The van der Waals surface area contributed by atoms with Crippen LogP contribution in [0.15, 0.2) is 42.5 Å².